The Bertz CT molecular complexity index is 300. The minimum Gasteiger partial charge on any atom is -0.492 e. The Morgan fingerprint density at radius 3 is 1.89 bits per heavy atom. The Balaban J connectivity index is 3.93. The van der Waals surface area contributed by atoms with Crippen LogP contribution in [0.5, 0.6) is 0 Å². The molecule has 0 aromatic rings. The molecule has 0 bridgehead atoms. The predicted molar refractivity (Wildman–Crippen MR) is 49.1 cm³/mol. The molecule has 0 heterocycles. The number of rotatable bonds is 6. The van der Waals surface area contributed by atoms with E-state index < -0.39 is 38.1 Å². The van der Waals surface area contributed by atoms with Gasteiger partial charge in [0.2, 0.25) is 0 Å². The molecule has 0 amide bonds. The smallest absolute Gasteiger partial charge is 0.492 e. The monoisotopic (exact) mass is 278 g/mol. The molecule has 0 aliphatic carbocycles. The highest BCUT2D eigenvalue weighted by Gasteiger charge is 2.34. The van der Waals surface area contributed by atoms with Crippen LogP contribution in [0.4, 0.5) is 26.7 Å². The summed E-state index contributed by atoms with van der Waals surface area (Å²) in [5.74, 6) is -3.52. The largest absolute Gasteiger partial charge is 0.508 e. The Morgan fingerprint density at radius 1 is 1.00 bits per heavy atom. The molecule has 0 saturated carbocycles. The first kappa shape index (κ1) is 16.5. The van der Waals surface area contributed by atoms with Crippen LogP contribution in [0.25, 0.3) is 0 Å². The lowest BCUT2D eigenvalue weighted by molar-refractivity contribution is -0.169. The number of allylic oxidation sites excluding steroid dienone is 1. The van der Waals surface area contributed by atoms with E-state index in [-0.39, 0.29) is 5.76 Å². The zero-order chi connectivity index (χ0) is 14.4. The van der Waals surface area contributed by atoms with Crippen LogP contribution >= 0.6 is 0 Å². The first-order valence-corrected chi connectivity index (χ1v) is 4.54. The molecule has 0 fully saturated rings. The predicted octanol–water partition coefficient (Wildman–Crippen LogP) is 2.89. The zero-order valence-corrected chi connectivity index (χ0v) is 9.35. The van der Waals surface area contributed by atoms with E-state index in [2.05, 4.69) is 20.8 Å². The molecule has 0 atom stereocenters. The van der Waals surface area contributed by atoms with Crippen molar-refractivity contribution in [3.05, 3.63) is 12.3 Å². The minimum absolute atomic E-state index is 0.0225. The molecule has 0 aromatic heterocycles. The van der Waals surface area contributed by atoms with Gasteiger partial charge in [-0.1, -0.05) is 6.58 Å². The highest BCUT2D eigenvalue weighted by Crippen LogP contribution is 2.17. The lowest BCUT2D eigenvalue weighted by Crippen LogP contribution is -2.32. The Labute approximate surface area is 99.3 Å². The summed E-state index contributed by atoms with van der Waals surface area (Å²) in [6.45, 7) is 0.0720. The third kappa shape index (κ3) is 9.67. The maximum absolute atomic E-state index is 12.9. The summed E-state index contributed by atoms with van der Waals surface area (Å²) < 4.78 is 72.3. The van der Waals surface area contributed by atoms with Gasteiger partial charge in [-0.3, -0.25) is 0 Å². The molecule has 0 saturated heterocycles. The van der Waals surface area contributed by atoms with Crippen molar-refractivity contribution in [1.82, 2.24) is 0 Å². The summed E-state index contributed by atoms with van der Waals surface area (Å²) in [7, 11) is 0. The van der Waals surface area contributed by atoms with Gasteiger partial charge in [-0.15, -0.1) is 0 Å². The summed E-state index contributed by atoms with van der Waals surface area (Å²) in [4.78, 5) is 10.5. The van der Waals surface area contributed by atoms with Crippen molar-refractivity contribution in [2.24, 2.45) is 0 Å². The Kier molecular flexibility index (Phi) is 5.86. The van der Waals surface area contributed by atoms with Crippen molar-refractivity contribution in [1.29, 1.82) is 0 Å². The fourth-order valence-electron chi connectivity index (χ4n) is 0.617. The topological polar surface area (TPSA) is 44.8 Å². The van der Waals surface area contributed by atoms with E-state index in [1.54, 1.807) is 0 Å². The number of hydrogen-bond acceptors (Lipinski definition) is 4. The second-order valence-corrected chi connectivity index (χ2v) is 3.29. The quantitative estimate of drug-likeness (QED) is 0.426. The van der Waals surface area contributed by atoms with Gasteiger partial charge in [0.1, 0.15) is 0 Å². The number of ether oxygens (including phenoxy) is 3. The number of carbonyl (C=O) groups is 1. The summed E-state index contributed by atoms with van der Waals surface area (Å²) in [6, 6.07) is 0. The van der Waals surface area contributed by atoms with Crippen LogP contribution < -0.4 is 0 Å². The summed E-state index contributed by atoms with van der Waals surface area (Å²) in [5, 5.41) is 0. The van der Waals surface area contributed by atoms with Crippen molar-refractivity contribution in [3.8, 4) is 0 Å². The second kappa shape index (κ2) is 6.41. The van der Waals surface area contributed by atoms with Crippen LogP contribution in [0.1, 0.15) is 6.92 Å². The fourth-order valence-corrected chi connectivity index (χ4v) is 0.617. The molecule has 0 aliphatic rings. The van der Waals surface area contributed by atoms with E-state index in [9.17, 15) is 26.7 Å². The summed E-state index contributed by atoms with van der Waals surface area (Å²) in [6.07, 6.45) is -6.58. The molecule has 0 aliphatic heterocycles. The molecule has 0 N–H and O–H groups in total. The van der Waals surface area contributed by atoms with Crippen molar-refractivity contribution in [2.75, 3.05) is 19.8 Å². The highest BCUT2D eigenvalue weighted by atomic mass is 19.4. The normalized spacial score (nSPS) is 11.9. The summed E-state index contributed by atoms with van der Waals surface area (Å²) in [5.41, 5.74) is 0. The molecule has 4 nitrogen and oxygen atoms in total. The number of carbonyl (C=O) groups excluding carboxylic acids is 1. The van der Waals surface area contributed by atoms with Crippen molar-refractivity contribution in [2.45, 2.75) is 19.0 Å². The molecule has 18 heavy (non-hydrogen) atoms. The van der Waals surface area contributed by atoms with Gasteiger partial charge in [0.25, 0.3) is 0 Å². The molecular formula is C9H11F5O4. The third-order valence-corrected chi connectivity index (χ3v) is 1.28. The molecule has 0 unspecified atom stereocenters. The van der Waals surface area contributed by atoms with Crippen LogP contribution in [-0.2, 0) is 14.2 Å². The van der Waals surface area contributed by atoms with Gasteiger partial charge in [0, 0.05) is 0 Å². The van der Waals surface area contributed by atoms with E-state index in [1.165, 1.54) is 6.92 Å². The number of hydrogen-bond donors (Lipinski definition) is 0. The highest BCUT2D eigenvalue weighted by molar-refractivity contribution is 5.59. The lowest BCUT2D eigenvalue weighted by Gasteiger charge is -2.17. The third-order valence-electron chi connectivity index (χ3n) is 1.28. The van der Waals surface area contributed by atoms with Gasteiger partial charge in [0.05, 0.1) is 5.76 Å². The van der Waals surface area contributed by atoms with Gasteiger partial charge in [0.15, 0.2) is 19.8 Å². The van der Waals surface area contributed by atoms with Crippen LogP contribution in [0.2, 0.25) is 0 Å². The van der Waals surface area contributed by atoms with E-state index in [0.29, 0.717) is 0 Å². The molecular weight excluding hydrogens is 267 g/mol. The average molecular weight is 278 g/mol. The van der Waals surface area contributed by atoms with Gasteiger partial charge in [-0.25, -0.2) is 4.79 Å². The minimum atomic E-state index is -4.75. The lowest BCUT2D eigenvalue weighted by atomic mass is 10.4. The van der Waals surface area contributed by atoms with Gasteiger partial charge < -0.3 is 14.2 Å². The maximum atomic E-state index is 12.9. The standard InChI is InChI=1S/C9H11F5O4/c1-6(2)16-3-8(10,11)4-17-7(15)18-5-9(12,13)14/h1,3-5H2,2H3. The Hall–Kier alpha value is -1.54. The molecule has 0 radical (unpaired) electrons. The van der Waals surface area contributed by atoms with E-state index in [1.807, 2.05) is 0 Å². The molecule has 0 rings (SSSR count). The molecule has 106 valence electrons. The van der Waals surface area contributed by atoms with Crippen LogP contribution in [0.15, 0.2) is 12.3 Å². The summed E-state index contributed by atoms with van der Waals surface area (Å²) >= 11 is 0. The molecule has 0 aromatic carbocycles. The van der Waals surface area contributed by atoms with Crippen molar-refractivity contribution < 1.29 is 41.0 Å². The van der Waals surface area contributed by atoms with Gasteiger partial charge >= 0.3 is 18.3 Å². The fraction of sp³-hybridized carbons (Fsp3) is 0.667. The first-order valence-electron chi connectivity index (χ1n) is 4.54. The van der Waals surface area contributed by atoms with E-state index in [4.69, 9.17) is 0 Å². The van der Waals surface area contributed by atoms with Crippen LogP contribution in [0, 0.1) is 0 Å². The van der Waals surface area contributed by atoms with Crippen molar-refractivity contribution >= 4 is 6.16 Å². The number of halogens is 5. The molecule has 0 spiro atoms. The van der Waals surface area contributed by atoms with E-state index >= 15 is 0 Å². The van der Waals surface area contributed by atoms with Gasteiger partial charge in [-0.2, -0.15) is 22.0 Å². The second-order valence-electron chi connectivity index (χ2n) is 3.29. The first-order chi connectivity index (χ1) is 8.02. The molecule has 9 heteroatoms. The maximum Gasteiger partial charge on any atom is 0.508 e. The SMILES string of the molecule is C=C(C)OCC(F)(F)COC(=O)OCC(F)(F)F. The van der Waals surface area contributed by atoms with Crippen LogP contribution in [0.3, 0.4) is 0 Å². The number of alkyl halides is 5. The van der Waals surface area contributed by atoms with Crippen LogP contribution in [-0.4, -0.2) is 38.1 Å². The van der Waals surface area contributed by atoms with Crippen molar-refractivity contribution in [3.63, 3.8) is 0 Å². The average Bonchev–Trinajstić information content (AvgIpc) is 2.20. The Morgan fingerprint density at radius 2 is 1.44 bits per heavy atom. The van der Waals surface area contributed by atoms with E-state index in [0.717, 1.165) is 0 Å². The van der Waals surface area contributed by atoms with Gasteiger partial charge in [-0.05, 0) is 6.92 Å². The zero-order valence-electron chi connectivity index (χ0n) is 9.35.